The standard InChI is InChI=1S/C11H13N3O5/c1-19-11(16)8-2-3-9(14(17)18)10(13-8)12-6-4-7(15)5-6/h2-3,6-7,15H,4-5H2,1H3,(H,12,13). The van der Waals surface area contributed by atoms with Crippen LogP contribution in [-0.4, -0.2) is 40.2 Å². The van der Waals surface area contributed by atoms with Crippen LogP contribution in [0.1, 0.15) is 23.3 Å². The molecule has 0 aromatic carbocycles. The Morgan fingerprint density at radius 3 is 2.79 bits per heavy atom. The average molecular weight is 267 g/mol. The average Bonchev–Trinajstić information content (AvgIpc) is 2.35. The molecule has 0 unspecified atom stereocenters. The smallest absolute Gasteiger partial charge is 0.356 e. The van der Waals surface area contributed by atoms with Crippen molar-refractivity contribution in [1.82, 2.24) is 4.98 Å². The van der Waals surface area contributed by atoms with Gasteiger partial charge < -0.3 is 15.2 Å². The van der Waals surface area contributed by atoms with Crippen molar-refractivity contribution in [2.24, 2.45) is 0 Å². The van der Waals surface area contributed by atoms with E-state index in [2.05, 4.69) is 15.0 Å². The van der Waals surface area contributed by atoms with Gasteiger partial charge in [0.1, 0.15) is 0 Å². The summed E-state index contributed by atoms with van der Waals surface area (Å²) in [6, 6.07) is 2.37. The SMILES string of the molecule is COC(=O)c1ccc([N+](=O)[O-])c(NC2CC(O)C2)n1. The predicted molar refractivity (Wildman–Crippen MR) is 64.9 cm³/mol. The molecule has 19 heavy (non-hydrogen) atoms. The third kappa shape index (κ3) is 2.79. The number of rotatable bonds is 4. The minimum Gasteiger partial charge on any atom is -0.464 e. The van der Waals surface area contributed by atoms with E-state index < -0.39 is 10.9 Å². The number of carbonyl (C=O) groups is 1. The normalized spacial score (nSPS) is 21.4. The Kier molecular flexibility index (Phi) is 3.61. The Balaban J connectivity index is 2.25. The van der Waals surface area contributed by atoms with Gasteiger partial charge in [0.2, 0.25) is 5.82 Å². The summed E-state index contributed by atoms with van der Waals surface area (Å²) < 4.78 is 4.51. The molecule has 1 heterocycles. The number of hydrogen-bond acceptors (Lipinski definition) is 7. The van der Waals surface area contributed by atoms with Crippen LogP contribution in [0.3, 0.4) is 0 Å². The van der Waals surface area contributed by atoms with Crippen molar-refractivity contribution in [2.45, 2.75) is 25.0 Å². The summed E-state index contributed by atoms with van der Waals surface area (Å²) >= 11 is 0. The van der Waals surface area contributed by atoms with Gasteiger partial charge in [-0.15, -0.1) is 0 Å². The fourth-order valence-electron chi connectivity index (χ4n) is 1.82. The molecule has 1 aromatic rings. The minimum atomic E-state index is -0.661. The van der Waals surface area contributed by atoms with Crippen molar-refractivity contribution in [3.8, 4) is 0 Å². The summed E-state index contributed by atoms with van der Waals surface area (Å²) in [5.41, 5.74) is -0.218. The van der Waals surface area contributed by atoms with Gasteiger partial charge in [-0.3, -0.25) is 10.1 Å². The van der Waals surface area contributed by atoms with Crippen molar-refractivity contribution in [2.75, 3.05) is 12.4 Å². The number of anilines is 1. The maximum absolute atomic E-state index is 11.3. The van der Waals surface area contributed by atoms with E-state index in [0.29, 0.717) is 12.8 Å². The van der Waals surface area contributed by atoms with E-state index in [-0.39, 0.29) is 29.3 Å². The lowest BCUT2D eigenvalue weighted by Crippen LogP contribution is -2.39. The van der Waals surface area contributed by atoms with Crippen LogP contribution in [0.4, 0.5) is 11.5 Å². The van der Waals surface area contributed by atoms with Gasteiger partial charge in [0.25, 0.3) is 0 Å². The topological polar surface area (TPSA) is 115 Å². The highest BCUT2D eigenvalue weighted by Gasteiger charge is 2.30. The molecule has 8 heteroatoms. The Hall–Kier alpha value is -2.22. The van der Waals surface area contributed by atoms with Crippen molar-refractivity contribution < 1.29 is 19.6 Å². The fourth-order valence-corrected chi connectivity index (χ4v) is 1.82. The molecular weight excluding hydrogens is 254 g/mol. The van der Waals surface area contributed by atoms with Gasteiger partial charge in [-0.25, -0.2) is 9.78 Å². The Morgan fingerprint density at radius 2 is 2.26 bits per heavy atom. The molecular formula is C11H13N3O5. The molecule has 1 aliphatic carbocycles. The van der Waals surface area contributed by atoms with E-state index in [1.807, 2.05) is 0 Å². The number of ether oxygens (including phenoxy) is 1. The first kappa shape index (κ1) is 13.2. The fraction of sp³-hybridized carbons (Fsp3) is 0.455. The molecule has 102 valence electrons. The van der Waals surface area contributed by atoms with Gasteiger partial charge in [-0.05, 0) is 18.9 Å². The highest BCUT2D eigenvalue weighted by molar-refractivity contribution is 5.88. The van der Waals surface area contributed by atoms with E-state index >= 15 is 0 Å². The lowest BCUT2D eigenvalue weighted by atomic mass is 9.89. The molecule has 1 fully saturated rings. The third-order valence-electron chi connectivity index (χ3n) is 2.92. The number of aromatic nitrogens is 1. The summed E-state index contributed by atoms with van der Waals surface area (Å²) in [7, 11) is 1.21. The molecule has 1 saturated carbocycles. The van der Waals surface area contributed by atoms with Crippen LogP contribution >= 0.6 is 0 Å². The van der Waals surface area contributed by atoms with Crippen molar-refractivity contribution in [3.05, 3.63) is 27.9 Å². The van der Waals surface area contributed by atoms with Gasteiger partial charge in [-0.1, -0.05) is 0 Å². The molecule has 0 spiro atoms. The predicted octanol–water partition coefficient (Wildman–Crippen LogP) is 0.712. The number of hydrogen-bond donors (Lipinski definition) is 2. The van der Waals surface area contributed by atoms with Crippen LogP contribution in [0.15, 0.2) is 12.1 Å². The molecule has 0 saturated heterocycles. The van der Waals surface area contributed by atoms with Crippen molar-refractivity contribution in [1.29, 1.82) is 0 Å². The monoisotopic (exact) mass is 267 g/mol. The van der Waals surface area contributed by atoms with Crippen LogP contribution in [0, 0.1) is 10.1 Å². The van der Waals surface area contributed by atoms with E-state index in [0.717, 1.165) is 0 Å². The second-order valence-electron chi connectivity index (χ2n) is 4.28. The van der Waals surface area contributed by atoms with E-state index in [1.54, 1.807) is 0 Å². The van der Waals surface area contributed by atoms with Gasteiger partial charge in [0.15, 0.2) is 5.69 Å². The Labute approximate surface area is 108 Å². The summed E-state index contributed by atoms with van der Waals surface area (Å²) in [6.07, 6.45) is 0.614. The molecule has 2 rings (SSSR count). The number of aliphatic hydroxyl groups is 1. The second-order valence-corrected chi connectivity index (χ2v) is 4.28. The molecule has 0 bridgehead atoms. The number of pyridine rings is 1. The highest BCUT2D eigenvalue weighted by Crippen LogP contribution is 2.28. The van der Waals surface area contributed by atoms with Gasteiger partial charge in [0, 0.05) is 12.1 Å². The molecule has 0 aliphatic heterocycles. The van der Waals surface area contributed by atoms with Gasteiger partial charge in [0.05, 0.1) is 18.1 Å². The molecule has 2 N–H and O–H groups in total. The number of carbonyl (C=O) groups excluding carboxylic acids is 1. The zero-order valence-corrected chi connectivity index (χ0v) is 10.2. The summed E-state index contributed by atoms with van der Waals surface area (Å²) in [4.78, 5) is 25.6. The Morgan fingerprint density at radius 1 is 1.58 bits per heavy atom. The second kappa shape index (κ2) is 5.19. The van der Waals surface area contributed by atoms with Gasteiger partial charge in [-0.2, -0.15) is 0 Å². The van der Waals surface area contributed by atoms with Crippen molar-refractivity contribution >= 4 is 17.5 Å². The molecule has 1 aromatic heterocycles. The van der Waals surface area contributed by atoms with E-state index in [4.69, 9.17) is 0 Å². The summed E-state index contributed by atoms with van der Waals surface area (Å²) in [5.74, 6) is -0.642. The highest BCUT2D eigenvalue weighted by atomic mass is 16.6. The lowest BCUT2D eigenvalue weighted by Gasteiger charge is -2.32. The van der Waals surface area contributed by atoms with Gasteiger partial charge >= 0.3 is 11.7 Å². The molecule has 1 aliphatic rings. The first-order valence-corrected chi connectivity index (χ1v) is 5.69. The van der Waals surface area contributed by atoms with Crippen LogP contribution < -0.4 is 5.32 Å². The van der Waals surface area contributed by atoms with Crippen LogP contribution in [0.2, 0.25) is 0 Å². The first-order chi connectivity index (χ1) is 9.01. The zero-order chi connectivity index (χ0) is 14.0. The van der Waals surface area contributed by atoms with Crippen LogP contribution in [0.25, 0.3) is 0 Å². The maximum Gasteiger partial charge on any atom is 0.356 e. The number of esters is 1. The maximum atomic E-state index is 11.3. The number of nitrogens with one attached hydrogen (secondary N) is 1. The van der Waals surface area contributed by atoms with E-state index in [1.165, 1.54) is 19.2 Å². The first-order valence-electron chi connectivity index (χ1n) is 5.69. The number of methoxy groups -OCH3 is 1. The molecule has 0 radical (unpaired) electrons. The largest absolute Gasteiger partial charge is 0.464 e. The molecule has 0 atom stereocenters. The minimum absolute atomic E-state index is 0.00419. The number of nitro groups is 1. The summed E-state index contributed by atoms with van der Waals surface area (Å²) in [6.45, 7) is 0. The summed E-state index contributed by atoms with van der Waals surface area (Å²) in [5, 5.41) is 22.9. The number of nitrogens with zero attached hydrogens (tertiary/aromatic N) is 2. The van der Waals surface area contributed by atoms with Crippen LogP contribution in [0.5, 0.6) is 0 Å². The van der Waals surface area contributed by atoms with Crippen LogP contribution in [-0.2, 0) is 4.74 Å². The zero-order valence-electron chi connectivity index (χ0n) is 10.2. The molecule has 8 nitrogen and oxygen atoms in total. The lowest BCUT2D eigenvalue weighted by molar-refractivity contribution is -0.384. The third-order valence-corrected chi connectivity index (χ3v) is 2.92. The van der Waals surface area contributed by atoms with Crippen molar-refractivity contribution in [3.63, 3.8) is 0 Å². The van der Waals surface area contributed by atoms with E-state index in [9.17, 15) is 20.0 Å². The molecule has 0 amide bonds. The Bertz CT molecular complexity index is 513. The quantitative estimate of drug-likeness (QED) is 0.469. The number of aliphatic hydroxyl groups excluding tert-OH is 1.